The first-order valence-electron chi connectivity index (χ1n) is 7.82. The molecule has 0 aliphatic carbocycles. The van der Waals surface area contributed by atoms with Crippen LogP contribution < -0.4 is 5.73 Å². The van der Waals surface area contributed by atoms with Crippen molar-refractivity contribution in [3.05, 3.63) is 47.4 Å². The molecule has 0 saturated carbocycles. The van der Waals surface area contributed by atoms with Crippen LogP contribution in [0.2, 0.25) is 0 Å². The van der Waals surface area contributed by atoms with E-state index in [1.165, 1.54) is 5.57 Å². The maximum absolute atomic E-state index is 6.13. The summed E-state index contributed by atoms with van der Waals surface area (Å²) in [6.45, 7) is 8.16. The Balaban J connectivity index is 0.00000116. The van der Waals surface area contributed by atoms with Crippen LogP contribution in [0.3, 0.4) is 0 Å². The zero-order valence-electron chi connectivity index (χ0n) is 14.6. The van der Waals surface area contributed by atoms with Crippen LogP contribution in [0.25, 0.3) is 16.7 Å². The van der Waals surface area contributed by atoms with Crippen LogP contribution in [-0.4, -0.2) is 29.0 Å². The minimum atomic E-state index is 0.802. The highest BCUT2D eigenvalue weighted by Crippen LogP contribution is 2.20. The Kier molecular flexibility index (Phi) is 6.70. The van der Waals surface area contributed by atoms with E-state index in [2.05, 4.69) is 23.8 Å². The van der Waals surface area contributed by atoms with E-state index in [0.29, 0.717) is 0 Å². The van der Waals surface area contributed by atoms with E-state index in [1.807, 2.05) is 63.2 Å². The SMILES string of the molecule is CC.CC/C(C)=C(N)/C=C(/c1nc2ccccc2[nH]1)N(C)C. The summed E-state index contributed by atoms with van der Waals surface area (Å²) in [7, 11) is 3.99. The first kappa shape index (κ1) is 17.8. The third kappa shape index (κ3) is 4.13. The van der Waals surface area contributed by atoms with Gasteiger partial charge in [-0.25, -0.2) is 4.98 Å². The van der Waals surface area contributed by atoms with Crippen molar-refractivity contribution in [3.63, 3.8) is 0 Å². The Labute approximate surface area is 133 Å². The van der Waals surface area contributed by atoms with Gasteiger partial charge in [-0.1, -0.05) is 38.5 Å². The molecule has 0 saturated heterocycles. The van der Waals surface area contributed by atoms with Crippen molar-refractivity contribution in [1.82, 2.24) is 14.9 Å². The van der Waals surface area contributed by atoms with Crippen molar-refractivity contribution in [1.29, 1.82) is 0 Å². The number of allylic oxidation sites excluding steroid dienone is 2. The Morgan fingerprint density at radius 3 is 2.45 bits per heavy atom. The van der Waals surface area contributed by atoms with Gasteiger partial charge in [0.25, 0.3) is 0 Å². The fraction of sp³-hybridized carbons (Fsp3) is 0.389. The van der Waals surface area contributed by atoms with E-state index in [4.69, 9.17) is 5.73 Å². The molecule has 3 N–H and O–H groups in total. The number of H-pyrrole nitrogens is 1. The standard InChI is InChI=1S/C16H22N4.C2H6/c1-5-11(2)12(17)10-15(20(3)4)16-18-13-8-6-7-9-14(13)19-16;1-2/h6-10H,5,17H2,1-4H3,(H,18,19);1-2H3/b12-11-,15-10-;. The van der Waals surface area contributed by atoms with Crippen LogP contribution in [0.15, 0.2) is 41.6 Å². The molecule has 0 aliphatic rings. The van der Waals surface area contributed by atoms with E-state index >= 15 is 0 Å². The van der Waals surface area contributed by atoms with E-state index in [9.17, 15) is 0 Å². The second-order valence-electron chi connectivity index (χ2n) is 5.12. The van der Waals surface area contributed by atoms with Gasteiger partial charge in [0, 0.05) is 19.8 Å². The van der Waals surface area contributed by atoms with Crippen LogP contribution in [0.1, 0.15) is 39.9 Å². The average Bonchev–Trinajstić information content (AvgIpc) is 2.96. The van der Waals surface area contributed by atoms with Gasteiger partial charge in [-0.15, -0.1) is 0 Å². The van der Waals surface area contributed by atoms with Gasteiger partial charge in [0.05, 0.1) is 16.7 Å². The Hall–Kier alpha value is -2.23. The smallest absolute Gasteiger partial charge is 0.154 e. The number of rotatable bonds is 4. The number of nitrogens with two attached hydrogens (primary N) is 1. The maximum Gasteiger partial charge on any atom is 0.154 e. The minimum absolute atomic E-state index is 0.802. The predicted molar refractivity (Wildman–Crippen MR) is 96.3 cm³/mol. The number of benzene rings is 1. The molecule has 0 amide bonds. The first-order chi connectivity index (χ1) is 10.5. The van der Waals surface area contributed by atoms with Gasteiger partial charge in [-0.3, -0.25) is 0 Å². The van der Waals surface area contributed by atoms with Crippen LogP contribution in [0, 0.1) is 0 Å². The second kappa shape index (κ2) is 8.27. The number of nitrogens with one attached hydrogen (secondary N) is 1. The largest absolute Gasteiger partial charge is 0.399 e. The molecule has 1 aromatic heterocycles. The Morgan fingerprint density at radius 2 is 1.91 bits per heavy atom. The summed E-state index contributed by atoms with van der Waals surface area (Å²) in [5.41, 5.74) is 11.1. The molecule has 1 aromatic carbocycles. The molecule has 0 radical (unpaired) electrons. The molecule has 0 fully saturated rings. The summed E-state index contributed by atoms with van der Waals surface area (Å²) in [5.74, 6) is 0.836. The first-order valence-corrected chi connectivity index (χ1v) is 7.82. The zero-order chi connectivity index (χ0) is 16.7. The second-order valence-corrected chi connectivity index (χ2v) is 5.12. The minimum Gasteiger partial charge on any atom is -0.399 e. The van der Waals surface area contributed by atoms with Crippen molar-refractivity contribution >= 4 is 16.7 Å². The number of imidazole rings is 1. The predicted octanol–water partition coefficient (Wildman–Crippen LogP) is 4.13. The lowest BCUT2D eigenvalue weighted by atomic mass is 10.1. The quantitative estimate of drug-likeness (QED) is 0.835. The van der Waals surface area contributed by atoms with E-state index < -0.39 is 0 Å². The molecule has 120 valence electrons. The van der Waals surface area contributed by atoms with Crippen molar-refractivity contribution < 1.29 is 0 Å². The molecular weight excluding hydrogens is 272 g/mol. The average molecular weight is 300 g/mol. The third-order valence-electron chi connectivity index (χ3n) is 3.43. The number of aromatic amines is 1. The fourth-order valence-electron chi connectivity index (χ4n) is 1.96. The van der Waals surface area contributed by atoms with E-state index in [-0.39, 0.29) is 0 Å². The molecule has 2 aromatic rings. The Morgan fingerprint density at radius 1 is 1.27 bits per heavy atom. The number of fused-ring (bicyclic) bond motifs is 1. The highest BCUT2D eigenvalue weighted by molar-refractivity contribution is 5.78. The van der Waals surface area contributed by atoms with Gasteiger partial charge in [0.2, 0.25) is 0 Å². The van der Waals surface area contributed by atoms with Crippen molar-refractivity contribution in [2.75, 3.05) is 14.1 Å². The number of nitrogens with zero attached hydrogens (tertiary/aromatic N) is 2. The fourth-order valence-corrected chi connectivity index (χ4v) is 1.96. The van der Waals surface area contributed by atoms with Crippen molar-refractivity contribution in [2.24, 2.45) is 5.73 Å². The highest BCUT2D eigenvalue weighted by Gasteiger charge is 2.10. The van der Waals surface area contributed by atoms with Gasteiger partial charge in [-0.05, 0) is 31.6 Å². The van der Waals surface area contributed by atoms with E-state index in [1.54, 1.807) is 0 Å². The lowest BCUT2D eigenvalue weighted by Crippen LogP contribution is -2.13. The third-order valence-corrected chi connectivity index (χ3v) is 3.43. The van der Waals surface area contributed by atoms with Crippen molar-refractivity contribution in [3.8, 4) is 0 Å². The van der Waals surface area contributed by atoms with Crippen LogP contribution in [0.5, 0.6) is 0 Å². The molecule has 4 nitrogen and oxygen atoms in total. The van der Waals surface area contributed by atoms with Crippen LogP contribution in [0.4, 0.5) is 0 Å². The summed E-state index contributed by atoms with van der Waals surface area (Å²) >= 11 is 0. The molecule has 1 heterocycles. The monoisotopic (exact) mass is 300 g/mol. The summed E-state index contributed by atoms with van der Waals surface area (Å²) < 4.78 is 0. The van der Waals surface area contributed by atoms with Gasteiger partial charge in [0.15, 0.2) is 5.82 Å². The summed E-state index contributed by atoms with van der Waals surface area (Å²) in [5, 5.41) is 0. The summed E-state index contributed by atoms with van der Waals surface area (Å²) in [4.78, 5) is 9.99. The van der Waals surface area contributed by atoms with E-state index in [0.717, 1.165) is 34.7 Å². The number of para-hydroxylation sites is 2. The zero-order valence-corrected chi connectivity index (χ0v) is 14.6. The van der Waals surface area contributed by atoms with Crippen LogP contribution in [-0.2, 0) is 0 Å². The van der Waals surface area contributed by atoms with Crippen molar-refractivity contribution in [2.45, 2.75) is 34.1 Å². The van der Waals surface area contributed by atoms with Gasteiger partial charge in [-0.2, -0.15) is 0 Å². The molecule has 0 bridgehead atoms. The van der Waals surface area contributed by atoms with Gasteiger partial charge in [0.1, 0.15) is 0 Å². The molecule has 4 heteroatoms. The lowest BCUT2D eigenvalue weighted by molar-refractivity contribution is 0.586. The molecular formula is C18H28N4. The molecule has 2 rings (SSSR count). The lowest BCUT2D eigenvalue weighted by Gasteiger charge is -2.15. The highest BCUT2D eigenvalue weighted by atomic mass is 15.1. The summed E-state index contributed by atoms with van der Waals surface area (Å²) in [6, 6.07) is 8.01. The number of aromatic nitrogens is 2. The van der Waals surface area contributed by atoms with Gasteiger partial charge < -0.3 is 15.6 Å². The normalized spacial score (nSPS) is 12.5. The number of hydrogen-bond acceptors (Lipinski definition) is 3. The maximum atomic E-state index is 6.13. The van der Waals surface area contributed by atoms with Crippen LogP contribution >= 0.6 is 0 Å². The van der Waals surface area contributed by atoms with Gasteiger partial charge >= 0.3 is 0 Å². The summed E-state index contributed by atoms with van der Waals surface area (Å²) in [6.07, 6.45) is 2.93. The molecule has 0 aliphatic heterocycles. The molecule has 0 unspecified atom stereocenters. The topological polar surface area (TPSA) is 57.9 Å². The molecule has 0 spiro atoms. The molecule has 22 heavy (non-hydrogen) atoms. The molecule has 0 atom stereocenters. The number of hydrogen-bond donors (Lipinski definition) is 2. The Bertz CT molecular complexity index is 630.